The molecule has 0 aromatic carbocycles. The number of likely N-dealkylation sites (tertiary alicyclic amines) is 1. The molecule has 0 aromatic heterocycles. The highest BCUT2D eigenvalue weighted by molar-refractivity contribution is 6.06. The van der Waals surface area contributed by atoms with E-state index in [2.05, 4.69) is 22.4 Å². The van der Waals surface area contributed by atoms with Crippen LogP contribution in [0.4, 0.5) is 0 Å². The molecular weight excluding hydrogens is 232 g/mol. The SMILES string of the molecule is CN1CCN(NC2CC(=O)N(C3CC3)C2=O)CC1. The fourth-order valence-electron chi connectivity index (χ4n) is 2.62. The zero-order valence-corrected chi connectivity index (χ0v) is 10.8. The van der Waals surface area contributed by atoms with Gasteiger partial charge in [0.1, 0.15) is 6.04 Å². The molecule has 2 aliphatic heterocycles. The summed E-state index contributed by atoms with van der Waals surface area (Å²) in [7, 11) is 2.09. The Bertz CT molecular complexity index is 361. The molecule has 0 spiro atoms. The summed E-state index contributed by atoms with van der Waals surface area (Å²) in [5.41, 5.74) is 3.23. The predicted octanol–water partition coefficient (Wildman–Crippen LogP) is -0.972. The van der Waals surface area contributed by atoms with Gasteiger partial charge in [-0.2, -0.15) is 0 Å². The quantitative estimate of drug-likeness (QED) is 0.655. The topological polar surface area (TPSA) is 55.9 Å². The van der Waals surface area contributed by atoms with Crippen LogP contribution in [0.5, 0.6) is 0 Å². The summed E-state index contributed by atoms with van der Waals surface area (Å²) in [5.74, 6) is -0.0319. The molecule has 0 bridgehead atoms. The van der Waals surface area contributed by atoms with Gasteiger partial charge in [-0.15, -0.1) is 0 Å². The molecule has 1 atom stereocenters. The van der Waals surface area contributed by atoms with Crippen molar-refractivity contribution in [1.29, 1.82) is 0 Å². The van der Waals surface area contributed by atoms with Crippen LogP contribution >= 0.6 is 0 Å². The fraction of sp³-hybridized carbons (Fsp3) is 0.833. The third kappa shape index (κ3) is 2.28. The normalized spacial score (nSPS) is 31.4. The van der Waals surface area contributed by atoms with Crippen molar-refractivity contribution in [3.63, 3.8) is 0 Å². The van der Waals surface area contributed by atoms with Gasteiger partial charge in [0.25, 0.3) is 0 Å². The second kappa shape index (κ2) is 4.60. The largest absolute Gasteiger partial charge is 0.304 e. The van der Waals surface area contributed by atoms with Crippen LogP contribution in [0.2, 0.25) is 0 Å². The van der Waals surface area contributed by atoms with E-state index in [0.717, 1.165) is 39.0 Å². The van der Waals surface area contributed by atoms with E-state index in [4.69, 9.17) is 0 Å². The van der Waals surface area contributed by atoms with E-state index in [9.17, 15) is 9.59 Å². The van der Waals surface area contributed by atoms with Crippen molar-refractivity contribution in [2.75, 3.05) is 33.2 Å². The highest BCUT2D eigenvalue weighted by atomic mass is 16.2. The first kappa shape index (κ1) is 12.1. The van der Waals surface area contributed by atoms with Crippen LogP contribution in [-0.2, 0) is 9.59 Å². The molecule has 18 heavy (non-hydrogen) atoms. The summed E-state index contributed by atoms with van der Waals surface area (Å²) in [6, 6.07) is -0.134. The number of carbonyl (C=O) groups is 2. The lowest BCUT2D eigenvalue weighted by Gasteiger charge is -2.33. The van der Waals surface area contributed by atoms with Crippen LogP contribution in [0, 0.1) is 0 Å². The molecule has 100 valence electrons. The average molecular weight is 252 g/mol. The van der Waals surface area contributed by atoms with Gasteiger partial charge in [-0.05, 0) is 19.9 Å². The average Bonchev–Trinajstić information content (AvgIpc) is 3.12. The van der Waals surface area contributed by atoms with Crippen molar-refractivity contribution >= 4 is 11.8 Å². The Kier molecular flexibility index (Phi) is 3.09. The highest BCUT2D eigenvalue weighted by Gasteiger charge is 2.46. The number of nitrogens with one attached hydrogen (secondary N) is 1. The van der Waals surface area contributed by atoms with Gasteiger partial charge in [0.05, 0.1) is 6.42 Å². The third-order valence-electron chi connectivity index (χ3n) is 3.94. The van der Waals surface area contributed by atoms with E-state index in [1.807, 2.05) is 0 Å². The van der Waals surface area contributed by atoms with E-state index in [1.165, 1.54) is 4.90 Å². The second-order valence-corrected chi connectivity index (χ2v) is 5.51. The summed E-state index contributed by atoms with van der Waals surface area (Å²) < 4.78 is 0. The molecule has 3 rings (SSSR count). The van der Waals surface area contributed by atoms with Crippen molar-refractivity contribution in [3.8, 4) is 0 Å². The maximum absolute atomic E-state index is 12.1. The number of imide groups is 1. The summed E-state index contributed by atoms with van der Waals surface area (Å²) in [5, 5.41) is 2.08. The molecule has 6 nitrogen and oxygen atoms in total. The molecule has 3 fully saturated rings. The molecule has 1 saturated carbocycles. The number of hydrogen-bond acceptors (Lipinski definition) is 5. The lowest BCUT2D eigenvalue weighted by Crippen LogP contribution is -2.55. The maximum Gasteiger partial charge on any atom is 0.248 e. The van der Waals surface area contributed by atoms with E-state index in [1.54, 1.807) is 0 Å². The molecule has 6 heteroatoms. The molecule has 2 heterocycles. The zero-order chi connectivity index (χ0) is 12.7. The van der Waals surface area contributed by atoms with Crippen molar-refractivity contribution in [1.82, 2.24) is 20.2 Å². The molecule has 1 aliphatic carbocycles. The van der Waals surface area contributed by atoms with Crippen LogP contribution in [0.25, 0.3) is 0 Å². The van der Waals surface area contributed by atoms with E-state index < -0.39 is 0 Å². The van der Waals surface area contributed by atoms with Crippen LogP contribution < -0.4 is 5.43 Å². The second-order valence-electron chi connectivity index (χ2n) is 5.51. The molecule has 2 saturated heterocycles. The summed E-state index contributed by atoms with van der Waals surface area (Å²) >= 11 is 0. The van der Waals surface area contributed by atoms with E-state index in [0.29, 0.717) is 6.42 Å². The van der Waals surface area contributed by atoms with Crippen molar-refractivity contribution in [2.24, 2.45) is 0 Å². The van der Waals surface area contributed by atoms with E-state index >= 15 is 0 Å². The lowest BCUT2D eigenvalue weighted by atomic mass is 10.2. The number of hydrogen-bond donors (Lipinski definition) is 1. The number of piperazine rings is 1. The first-order valence-corrected chi connectivity index (χ1v) is 6.71. The minimum Gasteiger partial charge on any atom is -0.304 e. The van der Waals surface area contributed by atoms with Crippen molar-refractivity contribution < 1.29 is 9.59 Å². The first-order valence-electron chi connectivity index (χ1n) is 6.71. The number of nitrogens with zero attached hydrogens (tertiary/aromatic N) is 3. The summed E-state index contributed by atoms with van der Waals surface area (Å²) in [6.45, 7) is 3.79. The number of amides is 2. The number of carbonyl (C=O) groups excluding carboxylic acids is 2. The monoisotopic (exact) mass is 252 g/mol. The molecule has 2 amide bonds. The van der Waals surface area contributed by atoms with Crippen LogP contribution in [-0.4, -0.2) is 71.9 Å². The Balaban J connectivity index is 1.57. The Morgan fingerprint density at radius 2 is 1.78 bits per heavy atom. The van der Waals surface area contributed by atoms with E-state index in [-0.39, 0.29) is 23.9 Å². The highest BCUT2D eigenvalue weighted by Crippen LogP contribution is 2.31. The smallest absolute Gasteiger partial charge is 0.248 e. The first-order chi connectivity index (χ1) is 8.65. The standard InChI is InChI=1S/C12H20N4O2/c1-14-4-6-15(7-5-14)13-10-8-11(17)16(12(10)18)9-2-3-9/h9-10,13H,2-8H2,1H3. The van der Waals surface area contributed by atoms with Gasteiger partial charge < -0.3 is 4.90 Å². The predicted molar refractivity (Wildman–Crippen MR) is 65.5 cm³/mol. The van der Waals surface area contributed by atoms with Gasteiger partial charge in [0.2, 0.25) is 11.8 Å². The van der Waals surface area contributed by atoms with Gasteiger partial charge in [0.15, 0.2) is 0 Å². The molecule has 1 unspecified atom stereocenters. The van der Waals surface area contributed by atoms with Crippen LogP contribution in [0.3, 0.4) is 0 Å². The molecule has 3 aliphatic rings. The molecular formula is C12H20N4O2. The maximum atomic E-state index is 12.1. The van der Waals surface area contributed by atoms with Gasteiger partial charge in [0, 0.05) is 32.2 Å². The van der Waals surface area contributed by atoms with Crippen molar-refractivity contribution in [3.05, 3.63) is 0 Å². The van der Waals surface area contributed by atoms with Gasteiger partial charge in [-0.1, -0.05) is 0 Å². The van der Waals surface area contributed by atoms with Gasteiger partial charge >= 0.3 is 0 Å². The number of likely N-dealkylation sites (N-methyl/N-ethyl adjacent to an activating group) is 1. The van der Waals surface area contributed by atoms with Gasteiger partial charge in [-0.3, -0.25) is 14.5 Å². The fourth-order valence-corrected chi connectivity index (χ4v) is 2.62. The molecule has 0 radical (unpaired) electrons. The van der Waals surface area contributed by atoms with Gasteiger partial charge in [-0.25, -0.2) is 10.4 Å². The lowest BCUT2D eigenvalue weighted by molar-refractivity contribution is -0.139. The summed E-state index contributed by atoms with van der Waals surface area (Å²) in [6.07, 6.45) is 2.29. The van der Waals surface area contributed by atoms with Crippen molar-refractivity contribution in [2.45, 2.75) is 31.3 Å². The Morgan fingerprint density at radius 1 is 1.11 bits per heavy atom. The zero-order valence-electron chi connectivity index (χ0n) is 10.8. The Hall–Kier alpha value is -0.980. The van der Waals surface area contributed by atoms with Crippen LogP contribution in [0.1, 0.15) is 19.3 Å². The minimum atomic E-state index is -0.332. The summed E-state index contributed by atoms with van der Waals surface area (Å²) in [4.78, 5) is 27.7. The number of hydrazine groups is 1. The molecule has 0 aromatic rings. The molecule has 1 N–H and O–H groups in total. The van der Waals surface area contributed by atoms with Crippen LogP contribution in [0.15, 0.2) is 0 Å². The Morgan fingerprint density at radius 3 is 2.39 bits per heavy atom. The number of rotatable bonds is 3. The third-order valence-corrected chi connectivity index (χ3v) is 3.94. The minimum absolute atomic E-state index is 0.00544. The Labute approximate surface area is 107 Å².